The standard InChI is InChI=1S/C14H19N3O5/c1-16-10-4-17(3-9(13(16)18)6-21-7-10)5-12-15-11(8-22-12)14(19)20-2/h8-10H,3-7H2,1-2H3/t9-,10+/m1/s1. The van der Waals surface area contributed by atoms with E-state index >= 15 is 0 Å². The Kier molecular flexibility index (Phi) is 4.12. The van der Waals surface area contributed by atoms with E-state index in [4.69, 9.17) is 9.15 Å². The quantitative estimate of drug-likeness (QED) is 0.712. The SMILES string of the molecule is COC(=O)c1coc(CN2C[C@@H]3COC[C@H](C2)N(C)C3=O)n1. The fourth-order valence-corrected chi connectivity index (χ4v) is 2.89. The van der Waals surface area contributed by atoms with Crippen LogP contribution in [0.3, 0.4) is 0 Å². The van der Waals surface area contributed by atoms with Gasteiger partial charge in [0.15, 0.2) is 5.69 Å². The van der Waals surface area contributed by atoms with Crippen LogP contribution in [-0.2, 0) is 20.8 Å². The van der Waals surface area contributed by atoms with Gasteiger partial charge in [0.25, 0.3) is 0 Å². The van der Waals surface area contributed by atoms with E-state index in [2.05, 4.69) is 14.6 Å². The molecule has 1 amide bonds. The predicted molar refractivity (Wildman–Crippen MR) is 74.0 cm³/mol. The first-order chi connectivity index (χ1) is 10.6. The second-order valence-corrected chi connectivity index (χ2v) is 5.65. The molecule has 1 aromatic heterocycles. The van der Waals surface area contributed by atoms with E-state index in [1.165, 1.54) is 13.4 Å². The molecule has 0 aromatic carbocycles. The number of carbonyl (C=O) groups is 2. The first-order valence-electron chi connectivity index (χ1n) is 7.18. The van der Waals surface area contributed by atoms with Gasteiger partial charge in [0.1, 0.15) is 6.26 Å². The van der Waals surface area contributed by atoms with Gasteiger partial charge >= 0.3 is 5.97 Å². The summed E-state index contributed by atoms with van der Waals surface area (Å²) in [4.78, 5) is 31.7. The van der Waals surface area contributed by atoms with E-state index in [0.29, 0.717) is 38.7 Å². The maximum absolute atomic E-state index is 12.3. The average molecular weight is 309 g/mol. The Morgan fingerprint density at radius 2 is 2.27 bits per heavy atom. The maximum atomic E-state index is 12.3. The summed E-state index contributed by atoms with van der Waals surface area (Å²) in [5, 5.41) is 0. The molecule has 2 fully saturated rings. The van der Waals surface area contributed by atoms with Gasteiger partial charge in [-0.1, -0.05) is 0 Å². The topological polar surface area (TPSA) is 85.1 Å². The Bertz CT molecular complexity index is 573. The van der Waals surface area contributed by atoms with Gasteiger partial charge in [0.2, 0.25) is 11.8 Å². The number of likely N-dealkylation sites (N-methyl/N-ethyl adjacent to an activating group) is 1. The van der Waals surface area contributed by atoms with E-state index in [-0.39, 0.29) is 23.6 Å². The lowest BCUT2D eigenvalue weighted by atomic mass is 10.1. The molecule has 0 saturated carbocycles. The second kappa shape index (κ2) is 6.05. The Morgan fingerprint density at radius 3 is 3.05 bits per heavy atom. The van der Waals surface area contributed by atoms with Gasteiger partial charge in [-0.3, -0.25) is 9.69 Å². The molecular weight excluding hydrogens is 290 g/mol. The summed E-state index contributed by atoms with van der Waals surface area (Å²) >= 11 is 0. The summed E-state index contributed by atoms with van der Waals surface area (Å²) < 4.78 is 15.5. The number of methoxy groups -OCH3 is 1. The monoisotopic (exact) mass is 309 g/mol. The second-order valence-electron chi connectivity index (χ2n) is 5.65. The third-order valence-electron chi connectivity index (χ3n) is 4.13. The highest BCUT2D eigenvalue weighted by Gasteiger charge is 2.37. The number of ether oxygens (including phenoxy) is 2. The number of esters is 1. The summed E-state index contributed by atoms with van der Waals surface area (Å²) in [7, 11) is 3.12. The lowest BCUT2D eigenvalue weighted by molar-refractivity contribution is -0.134. The Labute approximate surface area is 128 Å². The van der Waals surface area contributed by atoms with Crippen LogP contribution >= 0.6 is 0 Å². The Morgan fingerprint density at radius 1 is 1.45 bits per heavy atom. The van der Waals surface area contributed by atoms with Gasteiger partial charge in [0, 0.05) is 20.1 Å². The zero-order valence-electron chi connectivity index (χ0n) is 12.7. The first-order valence-corrected chi connectivity index (χ1v) is 7.18. The van der Waals surface area contributed by atoms with E-state index < -0.39 is 5.97 Å². The van der Waals surface area contributed by atoms with Gasteiger partial charge in [-0.05, 0) is 0 Å². The summed E-state index contributed by atoms with van der Waals surface area (Å²) in [6.07, 6.45) is 1.29. The van der Waals surface area contributed by atoms with Crippen molar-refractivity contribution in [2.45, 2.75) is 12.6 Å². The molecule has 2 aliphatic heterocycles. The van der Waals surface area contributed by atoms with Gasteiger partial charge in [-0.2, -0.15) is 0 Å². The molecule has 8 nitrogen and oxygen atoms in total. The highest BCUT2D eigenvalue weighted by molar-refractivity contribution is 5.86. The molecule has 0 radical (unpaired) electrons. The number of hydrogen-bond donors (Lipinski definition) is 0. The average Bonchev–Trinajstić information content (AvgIpc) is 2.87. The molecule has 0 N–H and O–H groups in total. The number of fused-ring (bicyclic) bond motifs is 3. The van der Waals surface area contributed by atoms with Crippen LogP contribution in [0, 0.1) is 5.92 Å². The minimum absolute atomic E-state index is 0.0232. The molecular formula is C14H19N3O5. The first kappa shape index (κ1) is 15.0. The number of hydrogen-bond acceptors (Lipinski definition) is 7. The Hall–Kier alpha value is -1.93. The Balaban J connectivity index is 1.72. The van der Waals surface area contributed by atoms with Gasteiger partial charge in [0.05, 0.1) is 38.8 Å². The zero-order valence-corrected chi connectivity index (χ0v) is 12.7. The number of nitrogens with zero attached hydrogens (tertiary/aromatic N) is 3. The molecule has 0 aliphatic carbocycles. The largest absolute Gasteiger partial charge is 0.464 e. The van der Waals surface area contributed by atoms with Crippen LogP contribution in [0.4, 0.5) is 0 Å². The van der Waals surface area contributed by atoms with Crippen LogP contribution in [0.1, 0.15) is 16.4 Å². The van der Waals surface area contributed by atoms with Crippen molar-refractivity contribution in [1.82, 2.24) is 14.8 Å². The van der Waals surface area contributed by atoms with Crippen molar-refractivity contribution in [3.8, 4) is 0 Å². The fraction of sp³-hybridized carbons (Fsp3) is 0.643. The summed E-state index contributed by atoms with van der Waals surface area (Å²) in [6.45, 7) is 2.71. The highest BCUT2D eigenvalue weighted by Crippen LogP contribution is 2.21. The van der Waals surface area contributed by atoms with Crippen LogP contribution in [0.2, 0.25) is 0 Å². The molecule has 0 spiro atoms. The molecule has 2 saturated heterocycles. The number of amides is 1. The molecule has 3 heterocycles. The summed E-state index contributed by atoms with van der Waals surface area (Å²) in [5.74, 6) is -0.136. The van der Waals surface area contributed by atoms with E-state index in [1.807, 2.05) is 7.05 Å². The third kappa shape index (κ3) is 2.84. The van der Waals surface area contributed by atoms with Crippen molar-refractivity contribution in [1.29, 1.82) is 0 Å². The summed E-state index contributed by atoms with van der Waals surface area (Å²) in [6, 6.07) is 0.0232. The van der Waals surface area contributed by atoms with Crippen molar-refractivity contribution in [3.05, 3.63) is 17.8 Å². The summed E-state index contributed by atoms with van der Waals surface area (Å²) in [5.41, 5.74) is 0.157. The number of rotatable bonds is 3. The minimum atomic E-state index is -0.522. The molecule has 2 aliphatic rings. The molecule has 2 bridgehead atoms. The van der Waals surface area contributed by atoms with Crippen molar-refractivity contribution >= 4 is 11.9 Å². The number of oxazole rings is 1. The van der Waals surface area contributed by atoms with Gasteiger partial charge in [-0.15, -0.1) is 0 Å². The normalized spacial score (nSPS) is 25.9. The van der Waals surface area contributed by atoms with Crippen LogP contribution in [0.15, 0.2) is 10.7 Å². The van der Waals surface area contributed by atoms with Crippen LogP contribution < -0.4 is 0 Å². The molecule has 0 unspecified atom stereocenters. The predicted octanol–water partition coefficient (Wildman–Crippen LogP) is -0.250. The van der Waals surface area contributed by atoms with E-state index in [0.717, 1.165) is 0 Å². The van der Waals surface area contributed by atoms with E-state index in [1.54, 1.807) is 4.90 Å². The molecule has 8 heteroatoms. The van der Waals surface area contributed by atoms with Crippen LogP contribution in [-0.4, -0.2) is 73.2 Å². The van der Waals surface area contributed by atoms with Crippen molar-refractivity contribution in [2.24, 2.45) is 5.92 Å². The third-order valence-corrected chi connectivity index (χ3v) is 4.13. The molecule has 2 atom stereocenters. The zero-order chi connectivity index (χ0) is 15.7. The van der Waals surface area contributed by atoms with Crippen molar-refractivity contribution in [3.63, 3.8) is 0 Å². The number of carbonyl (C=O) groups excluding carboxylic acids is 2. The van der Waals surface area contributed by atoms with Gasteiger partial charge in [-0.25, -0.2) is 9.78 Å². The van der Waals surface area contributed by atoms with Gasteiger partial charge < -0.3 is 18.8 Å². The van der Waals surface area contributed by atoms with Crippen LogP contribution in [0.5, 0.6) is 0 Å². The molecule has 3 rings (SSSR count). The van der Waals surface area contributed by atoms with Crippen molar-refractivity contribution < 1.29 is 23.5 Å². The number of aromatic nitrogens is 1. The van der Waals surface area contributed by atoms with Crippen molar-refractivity contribution in [2.75, 3.05) is 40.5 Å². The lowest BCUT2D eigenvalue weighted by Gasteiger charge is -2.28. The molecule has 1 aromatic rings. The highest BCUT2D eigenvalue weighted by atomic mass is 16.5. The lowest BCUT2D eigenvalue weighted by Crippen LogP contribution is -2.42. The van der Waals surface area contributed by atoms with E-state index in [9.17, 15) is 9.59 Å². The molecule has 120 valence electrons. The maximum Gasteiger partial charge on any atom is 0.360 e. The molecule has 22 heavy (non-hydrogen) atoms. The van der Waals surface area contributed by atoms with Crippen LogP contribution in [0.25, 0.3) is 0 Å². The smallest absolute Gasteiger partial charge is 0.360 e. The minimum Gasteiger partial charge on any atom is -0.464 e. The fourth-order valence-electron chi connectivity index (χ4n) is 2.89.